The molecule has 6 rings (SSSR count). The summed E-state index contributed by atoms with van der Waals surface area (Å²) >= 11 is 0. The second kappa shape index (κ2) is 5.03. The molecule has 4 aromatic carbocycles. The molecule has 0 bridgehead atoms. The third-order valence-electron chi connectivity index (χ3n) is 5.39. The lowest BCUT2D eigenvalue weighted by atomic mass is 10.0. The Labute approximate surface area is 151 Å². The zero-order chi connectivity index (χ0) is 17.1. The smallest absolute Gasteiger partial charge is 0.0722 e. The van der Waals surface area contributed by atoms with Gasteiger partial charge in [-0.2, -0.15) is 0 Å². The van der Waals surface area contributed by atoms with Crippen molar-refractivity contribution in [2.24, 2.45) is 0 Å². The van der Waals surface area contributed by atoms with Crippen molar-refractivity contribution in [2.45, 2.75) is 0 Å². The van der Waals surface area contributed by atoms with Crippen molar-refractivity contribution in [1.82, 2.24) is 4.98 Å². The Hall–Kier alpha value is -3.45. The van der Waals surface area contributed by atoms with Crippen LogP contribution in [-0.2, 0) is 0 Å². The van der Waals surface area contributed by atoms with Crippen molar-refractivity contribution >= 4 is 21.7 Å². The van der Waals surface area contributed by atoms with Gasteiger partial charge in [0.1, 0.15) is 0 Å². The topological polar surface area (TPSA) is 12.9 Å². The second-order valence-corrected chi connectivity index (χ2v) is 6.86. The van der Waals surface area contributed by atoms with E-state index in [1.807, 2.05) is 0 Å². The molecule has 0 aliphatic heterocycles. The summed E-state index contributed by atoms with van der Waals surface area (Å²) in [5, 5.41) is 3.78. The molecule has 0 saturated carbocycles. The van der Waals surface area contributed by atoms with Gasteiger partial charge in [-0.3, -0.25) is 0 Å². The normalized spacial score (nSPS) is 11.8. The molecule has 1 aromatic heterocycles. The van der Waals surface area contributed by atoms with Crippen LogP contribution in [-0.4, -0.2) is 4.98 Å². The Morgan fingerprint density at radius 3 is 2.12 bits per heavy atom. The molecule has 0 spiro atoms. The Morgan fingerprint density at radius 2 is 1.23 bits per heavy atom. The Kier molecular flexibility index (Phi) is 2.67. The Balaban J connectivity index is 1.66. The average molecular weight is 329 g/mol. The first-order chi connectivity index (χ1) is 12.9. The minimum Gasteiger partial charge on any atom is -0.248 e. The van der Waals surface area contributed by atoms with Crippen LogP contribution in [0.1, 0.15) is 0 Å². The van der Waals surface area contributed by atoms with Crippen LogP contribution in [0.5, 0.6) is 0 Å². The summed E-state index contributed by atoms with van der Waals surface area (Å²) in [4.78, 5) is 5.00. The highest BCUT2D eigenvalue weighted by atomic mass is 14.7. The third kappa shape index (κ3) is 1.83. The number of fused-ring (bicyclic) bond motifs is 4. The van der Waals surface area contributed by atoms with E-state index in [2.05, 4.69) is 91.0 Å². The van der Waals surface area contributed by atoms with E-state index in [1.165, 1.54) is 38.4 Å². The number of aromatic nitrogens is 1. The number of rotatable bonds is 1. The average Bonchev–Trinajstić information content (AvgIpc) is 3.03. The summed E-state index contributed by atoms with van der Waals surface area (Å²) in [5.41, 5.74) is 8.48. The molecule has 0 N–H and O–H groups in total. The van der Waals surface area contributed by atoms with Gasteiger partial charge in [-0.25, -0.2) is 4.98 Å². The van der Waals surface area contributed by atoms with Crippen LogP contribution in [0.15, 0.2) is 91.0 Å². The molecule has 1 aliphatic rings. The number of nitrogens with zero attached hydrogens (tertiary/aromatic N) is 1. The molecule has 0 amide bonds. The van der Waals surface area contributed by atoms with Crippen molar-refractivity contribution in [3.05, 3.63) is 91.0 Å². The zero-order valence-corrected chi connectivity index (χ0v) is 14.1. The first-order valence-corrected chi connectivity index (χ1v) is 8.91. The fourth-order valence-electron chi connectivity index (χ4n) is 4.17. The van der Waals surface area contributed by atoms with Gasteiger partial charge < -0.3 is 0 Å². The first kappa shape index (κ1) is 13.8. The minimum absolute atomic E-state index is 1.03. The number of hydrogen-bond donors (Lipinski definition) is 0. The van der Waals surface area contributed by atoms with Gasteiger partial charge in [0.2, 0.25) is 0 Å². The second-order valence-electron chi connectivity index (χ2n) is 6.86. The maximum Gasteiger partial charge on any atom is 0.0722 e. The van der Waals surface area contributed by atoms with Crippen molar-refractivity contribution in [1.29, 1.82) is 0 Å². The molecule has 0 radical (unpaired) electrons. The van der Waals surface area contributed by atoms with Gasteiger partial charge in [0.15, 0.2) is 0 Å². The number of benzene rings is 4. The predicted octanol–water partition coefficient (Wildman–Crippen LogP) is 6.70. The molecule has 120 valence electrons. The standard InChI is InChI=1S/C25H15N/c1-2-7-17-14-18(13-12-16(17)6-1)24-15-22-20-9-4-3-8-19(20)21-10-5-11-23(26-24)25(21)22/h1-15H. The summed E-state index contributed by atoms with van der Waals surface area (Å²) in [6.45, 7) is 0. The van der Waals surface area contributed by atoms with Crippen LogP contribution in [0.3, 0.4) is 0 Å². The fourth-order valence-corrected chi connectivity index (χ4v) is 4.17. The molecule has 0 atom stereocenters. The third-order valence-corrected chi connectivity index (χ3v) is 5.39. The van der Waals surface area contributed by atoms with Crippen LogP contribution >= 0.6 is 0 Å². The molecule has 1 heterocycles. The Morgan fingerprint density at radius 1 is 0.500 bits per heavy atom. The molecule has 0 fully saturated rings. The molecule has 1 heteroatoms. The van der Waals surface area contributed by atoms with Crippen molar-refractivity contribution in [3.63, 3.8) is 0 Å². The van der Waals surface area contributed by atoms with E-state index in [4.69, 9.17) is 4.98 Å². The summed E-state index contributed by atoms with van der Waals surface area (Å²) < 4.78 is 0. The van der Waals surface area contributed by atoms with Gasteiger partial charge >= 0.3 is 0 Å². The van der Waals surface area contributed by atoms with Crippen LogP contribution in [0.25, 0.3) is 55.2 Å². The van der Waals surface area contributed by atoms with Gasteiger partial charge in [-0.05, 0) is 51.2 Å². The molecule has 1 nitrogen and oxygen atoms in total. The summed E-state index contributed by atoms with van der Waals surface area (Å²) in [6, 6.07) is 32.4. The fraction of sp³-hybridized carbons (Fsp3) is 0. The van der Waals surface area contributed by atoms with Gasteiger partial charge in [0, 0.05) is 10.9 Å². The molecular weight excluding hydrogens is 314 g/mol. The van der Waals surface area contributed by atoms with Gasteiger partial charge in [0.25, 0.3) is 0 Å². The molecule has 5 aromatic rings. The highest BCUT2D eigenvalue weighted by molar-refractivity contribution is 6.14. The van der Waals surface area contributed by atoms with Crippen molar-refractivity contribution in [3.8, 4) is 33.5 Å². The van der Waals surface area contributed by atoms with Crippen LogP contribution in [0, 0.1) is 0 Å². The van der Waals surface area contributed by atoms with E-state index in [0.29, 0.717) is 0 Å². The van der Waals surface area contributed by atoms with Gasteiger partial charge in [-0.15, -0.1) is 0 Å². The van der Waals surface area contributed by atoms with E-state index in [-0.39, 0.29) is 0 Å². The van der Waals surface area contributed by atoms with E-state index < -0.39 is 0 Å². The summed E-state index contributed by atoms with van der Waals surface area (Å²) in [6.07, 6.45) is 0. The quantitative estimate of drug-likeness (QED) is 0.327. The number of pyridine rings is 1. The highest BCUT2D eigenvalue weighted by Gasteiger charge is 2.22. The molecule has 0 saturated heterocycles. The largest absolute Gasteiger partial charge is 0.248 e. The SMILES string of the molecule is c1ccc2c(c1)-c1cccc3nc(-c4ccc5ccccc5c4)cc-2c13. The van der Waals surface area contributed by atoms with E-state index in [0.717, 1.165) is 16.8 Å². The van der Waals surface area contributed by atoms with E-state index in [1.54, 1.807) is 0 Å². The molecular formula is C25H15N. The van der Waals surface area contributed by atoms with Crippen molar-refractivity contribution < 1.29 is 0 Å². The Bertz CT molecular complexity index is 1330. The highest BCUT2D eigenvalue weighted by Crippen LogP contribution is 2.47. The monoisotopic (exact) mass is 329 g/mol. The zero-order valence-electron chi connectivity index (χ0n) is 14.1. The minimum atomic E-state index is 1.03. The van der Waals surface area contributed by atoms with E-state index >= 15 is 0 Å². The summed E-state index contributed by atoms with van der Waals surface area (Å²) in [5.74, 6) is 0. The van der Waals surface area contributed by atoms with Crippen LogP contribution < -0.4 is 0 Å². The van der Waals surface area contributed by atoms with Gasteiger partial charge in [0.05, 0.1) is 11.2 Å². The number of hydrogen-bond acceptors (Lipinski definition) is 1. The van der Waals surface area contributed by atoms with Crippen molar-refractivity contribution in [2.75, 3.05) is 0 Å². The van der Waals surface area contributed by atoms with Gasteiger partial charge in [-0.1, -0.05) is 72.8 Å². The molecule has 1 aliphatic carbocycles. The summed E-state index contributed by atoms with van der Waals surface area (Å²) in [7, 11) is 0. The first-order valence-electron chi connectivity index (χ1n) is 8.91. The molecule has 0 unspecified atom stereocenters. The maximum absolute atomic E-state index is 5.00. The van der Waals surface area contributed by atoms with E-state index in [9.17, 15) is 0 Å². The van der Waals surface area contributed by atoms with Crippen LogP contribution in [0.4, 0.5) is 0 Å². The molecule has 26 heavy (non-hydrogen) atoms. The van der Waals surface area contributed by atoms with Crippen LogP contribution in [0.2, 0.25) is 0 Å². The lowest BCUT2D eigenvalue weighted by molar-refractivity contribution is 1.41. The predicted molar refractivity (Wildman–Crippen MR) is 109 cm³/mol. The maximum atomic E-state index is 5.00. The lowest BCUT2D eigenvalue weighted by Gasteiger charge is -2.08. The lowest BCUT2D eigenvalue weighted by Crippen LogP contribution is -1.87.